The third kappa shape index (κ3) is 3.23. The number of aryl methyl sites for hydroxylation is 1. The summed E-state index contributed by atoms with van der Waals surface area (Å²) >= 11 is 7.75. The van der Waals surface area contributed by atoms with Gasteiger partial charge in [0.1, 0.15) is 11.4 Å². The van der Waals surface area contributed by atoms with Crippen LogP contribution in [0.15, 0.2) is 74.9 Å². The van der Waals surface area contributed by atoms with E-state index in [1.54, 1.807) is 36.2 Å². The number of benzene rings is 2. The number of anilines is 1. The molecule has 1 aliphatic rings. The zero-order chi connectivity index (χ0) is 21.7. The molecule has 1 unspecified atom stereocenters. The molecular weight excluding hydrogens is 432 g/mol. The number of nitrogens with zero attached hydrogens (tertiary/aromatic N) is 2. The summed E-state index contributed by atoms with van der Waals surface area (Å²) in [5.41, 5.74) is 2.14. The summed E-state index contributed by atoms with van der Waals surface area (Å²) in [5.74, 6) is 0.125. The van der Waals surface area contributed by atoms with Crippen molar-refractivity contribution in [2.75, 3.05) is 11.2 Å². The molecule has 0 fully saturated rings. The Balaban J connectivity index is 1.80. The normalized spacial score (nSPS) is 15.5. The van der Waals surface area contributed by atoms with Gasteiger partial charge in [-0.2, -0.15) is 0 Å². The van der Waals surface area contributed by atoms with Crippen molar-refractivity contribution in [3.8, 4) is 0 Å². The molecule has 31 heavy (non-hydrogen) atoms. The van der Waals surface area contributed by atoms with Crippen LogP contribution in [0.4, 0.5) is 5.82 Å². The van der Waals surface area contributed by atoms with Crippen LogP contribution in [-0.2, 0) is 0 Å². The third-order valence-corrected chi connectivity index (χ3v) is 6.39. The van der Waals surface area contributed by atoms with Crippen LogP contribution in [0.5, 0.6) is 0 Å². The summed E-state index contributed by atoms with van der Waals surface area (Å²) in [4.78, 5) is 34.1. The molecule has 4 aromatic rings. The Bertz CT molecular complexity index is 1400. The van der Waals surface area contributed by atoms with Crippen molar-refractivity contribution >= 4 is 46.1 Å². The summed E-state index contributed by atoms with van der Waals surface area (Å²) in [5, 5.41) is 0.783. The summed E-state index contributed by atoms with van der Waals surface area (Å²) in [6.45, 7) is 1.93. The molecule has 5 rings (SSSR count). The zero-order valence-corrected chi connectivity index (χ0v) is 18.3. The number of fused-ring (bicyclic) bond motifs is 2. The van der Waals surface area contributed by atoms with Gasteiger partial charge >= 0.3 is 0 Å². The van der Waals surface area contributed by atoms with Crippen LogP contribution in [0.3, 0.4) is 0 Å². The number of carbonyl (C=O) groups is 1. The van der Waals surface area contributed by atoms with E-state index in [2.05, 4.69) is 4.98 Å². The van der Waals surface area contributed by atoms with Gasteiger partial charge in [0.2, 0.25) is 5.76 Å². The molecule has 1 amide bonds. The average molecular weight is 449 g/mol. The van der Waals surface area contributed by atoms with E-state index in [0.717, 1.165) is 16.0 Å². The molecule has 0 bridgehead atoms. The van der Waals surface area contributed by atoms with Gasteiger partial charge in [-0.1, -0.05) is 23.7 Å². The van der Waals surface area contributed by atoms with Gasteiger partial charge in [-0.15, -0.1) is 11.8 Å². The lowest BCUT2D eigenvalue weighted by atomic mass is 9.98. The van der Waals surface area contributed by atoms with Crippen molar-refractivity contribution in [3.05, 3.63) is 98.5 Å². The topological polar surface area (TPSA) is 63.4 Å². The maximum atomic E-state index is 13.5. The van der Waals surface area contributed by atoms with E-state index in [9.17, 15) is 9.59 Å². The molecule has 0 spiro atoms. The molecular formula is C24H17ClN2O3S. The molecule has 0 N–H and O–H groups in total. The monoisotopic (exact) mass is 448 g/mol. The van der Waals surface area contributed by atoms with Gasteiger partial charge in [0.25, 0.3) is 5.91 Å². The molecule has 0 aliphatic carbocycles. The summed E-state index contributed by atoms with van der Waals surface area (Å²) < 4.78 is 5.95. The zero-order valence-electron chi connectivity index (χ0n) is 16.8. The molecule has 3 heterocycles. The Morgan fingerprint density at radius 2 is 1.84 bits per heavy atom. The first-order valence-electron chi connectivity index (χ1n) is 9.64. The van der Waals surface area contributed by atoms with E-state index in [1.165, 1.54) is 4.90 Å². The van der Waals surface area contributed by atoms with E-state index in [-0.39, 0.29) is 17.1 Å². The van der Waals surface area contributed by atoms with Crippen LogP contribution < -0.4 is 10.3 Å². The summed E-state index contributed by atoms with van der Waals surface area (Å²) in [6.07, 6.45) is 3.65. The second-order valence-corrected chi connectivity index (χ2v) is 8.67. The first kappa shape index (κ1) is 19.8. The summed E-state index contributed by atoms with van der Waals surface area (Å²) in [6, 6.07) is 15.7. The lowest BCUT2D eigenvalue weighted by molar-refractivity contribution is 0.0970. The molecule has 0 radical (unpaired) electrons. The van der Waals surface area contributed by atoms with Gasteiger partial charge in [-0.25, -0.2) is 4.98 Å². The average Bonchev–Trinajstić information content (AvgIpc) is 3.07. The fourth-order valence-corrected chi connectivity index (χ4v) is 4.52. The van der Waals surface area contributed by atoms with Crippen LogP contribution in [-0.4, -0.2) is 17.1 Å². The van der Waals surface area contributed by atoms with E-state index in [4.69, 9.17) is 16.0 Å². The molecule has 1 aliphatic heterocycles. The quantitative estimate of drug-likeness (QED) is 0.380. The van der Waals surface area contributed by atoms with Crippen molar-refractivity contribution in [2.24, 2.45) is 0 Å². The van der Waals surface area contributed by atoms with E-state index >= 15 is 0 Å². The number of amides is 1. The fraction of sp³-hybridized carbons (Fsp3) is 0.125. The van der Waals surface area contributed by atoms with Crippen LogP contribution >= 0.6 is 23.4 Å². The highest BCUT2D eigenvalue weighted by Crippen LogP contribution is 2.41. The number of halogens is 1. The van der Waals surface area contributed by atoms with Crippen molar-refractivity contribution in [1.82, 2.24) is 4.98 Å². The molecule has 154 valence electrons. The molecule has 7 heteroatoms. The maximum Gasteiger partial charge on any atom is 0.296 e. The molecule has 5 nitrogen and oxygen atoms in total. The fourth-order valence-electron chi connectivity index (χ4n) is 3.93. The van der Waals surface area contributed by atoms with Gasteiger partial charge in [-0.05, 0) is 66.8 Å². The predicted molar refractivity (Wildman–Crippen MR) is 123 cm³/mol. The van der Waals surface area contributed by atoms with Crippen molar-refractivity contribution in [2.45, 2.75) is 17.9 Å². The van der Waals surface area contributed by atoms with Crippen molar-refractivity contribution < 1.29 is 9.21 Å². The highest BCUT2D eigenvalue weighted by Gasteiger charge is 2.44. The summed E-state index contributed by atoms with van der Waals surface area (Å²) in [7, 11) is 0. The van der Waals surface area contributed by atoms with Gasteiger partial charge in [0.05, 0.1) is 17.0 Å². The third-order valence-electron chi connectivity index (χ3n) is 5.41. The number of thioether (sulfide) groups is 1. The van der Waals surface area contributed by atoms with Crippen LogP contribution in [0, 0.1) is 6.92 Å². The molecule has 0 saturated carbocycles. The lowest BCUT2D eigenvalue weighted by Crippen LogP contribution is -2.30. The van der Waals surface area contributed by atoms with E-state index < -0.39 is 6.04 Å². The number of rotatable bonds is 3. The van der Waals surface area contributed by atoms with Gasteiger partial charge < -0.3 is 4.42 Å². The Morgan fingerprint density at radius 1 is 1.06 bits per heavy atom. The Labute approximate surface area is 187 Å². The first-order chi connectivity index (χ1) is 15.0. The van der Waals surface area contributed by atoms with Crippen molar-refractivity contribution in [3.63, 3.8) is 0 Å². The van der Waals surface area contributed by atoms with Crippen LogP contribution in [0.25, 0.3) is 11.0 Å². The standard InChI is InChI=1S/C24H17ClN2O3S/c1-13-9-10-26-19(11-13)27-21(14-3-6-16(31-2)7-4-14)20-22(28)17-12-15(25)5-8-18(17)30-23(20)24(27)29/h3-12,21H,1-2H3. The molecule has 2 aromatic heterocycles. The smallest absolute Gasteiger partial charge is 0.296 e. The molecule has 1 atom stereocenters. The number of aromatic nitrogens is 1. The maximum absolute atomic E-state index is 13.5. The number of hydrogen-bond donors (Lipinski definition) is 0. The Morgan fingerprint density at radius 3 is 2.55 bits per heavy atom. The minimum Gasteiger partial charge on any atom is -0.450 e. The first-order valence-corrected chi connectivity index (χ1v) is 11.2. The second kappa shape index (κ2) is 7.55. The van der Waals surface area contributed by atoms with Gasteiger partial charge in [0.15, 0.2) is 5.43 Å². The number of carbonyl (C=O) groups excluding carboxylic acids is 1. The van der Waals surface area contributed by atoms with E-state index in [1.807, 2.05) is 49.6 Å². The van der Waals surface area contributed by atoms with Crippen LogP contribution in [0.1, 0.15) is 33.3 Å². The predicted octanol–water partition coefficient (Wildman–Crippen LogP) is 5.62. The van der Waals surface area contributed by atoms with Gasteiger partial charge in [0, 0.05) is 16.1 Å². The Kier molecular flexibility index (Phi) is 4.84. The van der Waals surface area contributed by atoms with Gasteiger partial charge in [-0.3, -0.25) is 14.5 Å². The van der Waals surface area contributed by atoms with E-state index in [0.29, 0.717) is 27.4 Å². The molecule has 2 aromatic carbocycles. The van der Waals surface area contributed by atoms with Crippen LogP contribution in [0.2, 0.25) is 5.02 Å². The number of hydrogen-bond acceptors (Lipinski definition) is 5. The highest BCUT2D eigenvalue weighted by molar-refractivity contribution is 7.98. The highest BCUT2D eigenvalue weighted by atomic mass is 35.5. The minimum atomic E-state index is -0.646. The second-order valence-electron chi connectivity index (χ2n) is 7.36. The largest absolute Gasteiger partial charge is 0.450 e. The van der Waals surface area contributed by atoms with Crippen molar-refractivity contribution in [1.29, 1.82) is 0 Å². The molecule has 0 saturated heterocycles. The SMILES string of the molecule is CSc1ccc(C2c3c(oc4ccc(Cl)cc4c3=O)C(=O)N2c2cc(C)ccn2)cc1. The lowest BCUT2D eigenvalue weighted by Gasteiger charge is -2.24. The minimum absolute atomic E-state index is 0.0436. The number of pyridine rings is 1. The Hall–Kier alpha value is -3.09.